The van der Waals surface area contributed by atoms with Crippen LogP contribution in [0.2, 0.25) is 0 Å². The molecular formula is C18H23N3O4. The summed E-state index contributed by atoms with van der Waals surface area (Å²) < 4.78 is 16.7. The molecule has 1 atom stereocenters. The first kappa shape index (κ1) is 17.3. The molecule has 3 rings (SSSR count). The summed E-state index contributed by atoms with van der Waals surface area (Å²) in [6.07, 6.45) is 1.77. The Labute approximate surface area is 146 Å². The largest absolute Gasteiger partial charge is 0.497 e. The summed E-state index contributed by atoms with van der Waals surface area (Å²) in [6, 6.07) is 5.56. The summed E-state index contributed by atoms with van der Waals surface area (Å²) in [5.41, 5.74) is 0.280. The molecule has 0 saturated carbocycles. The van der Waals surface area contributed by atoms with Crippen LogP contribution in [0.1, 0.15) is 27.2 Å². The van der Waals surface area contributed by atoms with Gasteiger partial charge in [-0.05, 0) is 39.0 Å². The summed E-state index contributed by atoms with van der Waals surface area (Å²) in [6.45, 7) is 6.65. The molecule has 2 heterocycles. The topological polar surface area (TPSA) is 73.8 Å². The van der Waals surface area contributed by atoms with Crippen molar-refractivity contribution in [3.63, 3.8) is 0 Å². The van der Waals surface area contributed by atoms with Gasteiger partial charge < -0.3 is 19.1 Å². The second-order valence-corrected chi connectivity index (χ2v) is 7.02. The molecule has 0 N–H and O–H groups in total. The van der Waals surface area contributed by atoms with Crippen LogP contribution < -0.4 is 9.47 Å². The molecule has 1 fully saturated rings. The molecule has 2 aromatic rings. The van der Waals surface area contributed by atoms with Crippen LogP contribution in [0.3, 0.4) is 0 Å². The maximum Gasteiger partial charge on any atom is 0.410 e. The van der Waals surface area contributed by atoms with E-state index in [4.69, 9.17) is 14.2 Å². The first-order valence-corrected chi connectivity index (χ1v) is 8.29. The zero-order valence-electron chi connectivity index (χ0n) is 15.0. The summed E-state index contributed by atoms with van der Waals surface area (Å²) in [7, 11) is 1.61. The number of aromatic nitrogens is 2. The van der Waals surface area contributed by atoms with E-state index in [9.17, 15) is 4.79 Å². The van der Waals surface area contributed by atoms with E-state index in [0.717, 1.165) is 17.3 Å². The molecule has 0 spiro atoms. The predicted molar refractivity (Wildman–Crippen MR) is 92.9 cm³/mol. The van der Waals surface area contributed by atoms with Crippen molar-refractivity contribution < 1.29 is 19.0 Å². The van der Waals surface area contributed by atoms with E-state index in [2.05, 4.69) is 9.97 Å². The van der Waals surface area contributed by atoms with Crippen molar-refractivity contribution in [2.45, 2.75) is 38.9 Å². The lowest BCUT2D eigenvalue weighted by atomic mass is 10.2. The molecule has 1 aromatic heterocycles. The van der Waals surface area contributed by atoms with Crippen molar-refractivity contribution in [1.29, 1.82) is 0 Å². The zero-order valence-corrected chi connectivity index (χ0v) is 15.0. The number of amides is 1. The Morgan fingerprint density at radius 2 is 2.08 bits per heavy atom. The Hall–Kier alpha value is -2.57. The van der Waals surface area contributed by atoms with Crippen LogP contribution >= 0.6 is 0 Å². The Morgan fingerprint density at radius 1 is 1.28 bits per heavy atom. The highest BCUT2D eigenvalue weighted by molar-refractivity contribution is 5.84. The van der Waals surface area contributed by atoms with Gasteiger partial charge in [-0.1, -0.05) is 0 Å². The second-order valence-electron chi connectivity index (χ2n) is 7.02. The Bertz CT molecular complexity index is 772. The molecule has 0 bridgehead atoms. The van der Waals surface area contributed by atoms with Gasteiger partial charge in [0.25, 0.3) is 0 Å². The van der Waals surface area contributed by atoms with Gasteiger partial charge in [0.1, 0.15) is 23.8 Å². The third kappa shape index (κ3) is 4.10. The monoisotopic (exact) mass is 345 g/mol. The third-order valence-electron chi connectivity index (χ3n) is 3.88. The van der Waals surface area contributed by atoms with Gasteiger partial charge in [0.05, 0.1) is 24.6 Å². The molecule has 0 unspecified atom stereocenters. The van der Waals surface area contributed by atoms with Crippen molar-refractivity contribution >= 4 is 17.0 Å². The van der Waals surface area contributed by atoms with Gasteiger partial charge in [-0.2, -0.15) is 0 Å². The fraction of sp³-hybridized carbons (Fsp3) is 0.500. The molecule has 1 aliphatic heterocycles. The van der Waals surface area contributed by atoms with Crippen LogP contribution in [-0.4, -0.2) is 52.9 Å². The summed E-state index contributed by atoms with van der Waals surface area (Å²) in [5.74, 6) is 1.22. The Morgan fingerprint density at radius 3 is 2.80 bits per heavy atom. The van der Waals surface area contributed by atoms with Gasteiger partial charge in [0.15, 0.2) is 0 Å². The molecule has 7 heteroatoms. The number of fused-ring (bicyclic) bond motifs is 1. The number of rotatable bonds is 3. The van der Waals surface area contributed by atoms with Crippen LogP contribution in [-0.2, 0) is 4.74 Å². The van der Waals surface area contributed by atoms with Gasteiger partial charge in [0, 0.05) is 13.0 Å². The van der Waals surface area contributed by atoms with Crippen LogP contribution in [0.4, 0.5) is 4.79 Å². The average molecular weight is 345 g/mol. The van der Waals surface area contributed by atoms with Gasteiger partial charge in [-0.3, -0.25) is 0 Å². The van der Waals surface area contributed by atoms with Crippen LogP contribution in [0.5, 0.6) is 11.6 Å². The van der Waals surface area contributed by atoms with Crippen LogP contribution in [0.15, 0.2) is 24.5 Å². The molecular weight excluding hydrogens is 322 g/mol. The van der Waals surface area contributed by atoms with Crippen molar-refractivity contribution in [3.8, 4) is 11.6 Å². The number of benzene rings is 1. The number of methoxy groups -OCH3 is 1. The molecule has 0 radical (unpaired) electrons. The van der Waals surface area contributed by atoms with Gasteiger partial charge in [-0.25, -0.2) is 14.8 Å². The maximum absolute atomic E-state index is 12.2. The molecule has 1 amide bonds. The Balaban J connectivity index is 1.71. The summed E-state index contributed by atoms with van der Waals surface area (Å²) in [5, 5.41) is 0.789. The van der Waals surface area contributed by atoms with Crippen molar-refractivity contribution in [2.24, 2.45) is 0 Å². The zero-order chi connectivity index (χ0) is 18.0. The Kier molecular flexibility index (Phi) is 4.65. The molecule has 134 valence electrons. The number of hydrogen-bond donors (Lipinski definition) is 0. The lowest BCUT2D eigenvalue weighted by Crippen LogP contribution is -2.36. The van der Waals surface area contributed by atoms with Crippen molar-refractivity contribution in [2.75, 3.05) is 20.2 Å². The van der Waals surface area contributed by atoms with E-state index >= 15 is 0 Å². The normalized spacial score (nSPS) is 17.6. The number of likely N-dealkylation sites (tertiary alicyclic amines) is 1. The van der Waals surface area contributed by atoms with E-state index in [1.807, 2.05) is 39.0 Å². The van der Waals surface area contributed by atoms with Gasteiger partial charge >= 0.3 is 6.09 Å². The predicted octanol–water partition coefficient (Wildman–Crippen LogP) is 3.03. The molecule has 25 heavy (non-hydrogen) atoms. The minimum absolute atomic E-state index is 0.128. The summed E-state index contributed by atoms with van der Waals surface area (Å²) in [4.78, 5) is 22.3. The summed E-state index contributed by atoms with van der Waals surface area (Å²) >= 11 is 0. The molecule has 0 aliphatic carbocycles. The fourth-order valence-corrected chi connectivity index (χ4v) is 2.71. The van der Waals surface area contributed by atoms with Crippen molar-refractivity contribution in [3.05, 3.63) is 24.5 Å². The first-order chi connectivity index (χ1) is 11.9. The minimum Gasteiger partial charge on any atom is -0.497 e. The van der Waals surface area contributed by atoms with Crippen LogP contribution in [0.25, 0.3) is 10.9 Å². The third-order valence-corrected chi connectivity index (χ3v) is 3.88. The van der Waals surface area contributed by atoms with E-state index in [0.29, 0.717) is 24.7 Å². The molecule has 7 nitrogen and oxygen atoms in total. The number of carbonyl (C=O) groups excluding carboxylic acids is 1. The molecule has 1 saturated heterocycles. The van der Waals surface area contributed by atoms with Crippen molar-refractivity contribution in [1.82, 2.24) is 14.9 Å². The minimum atomic E-state index is -0.505. The highest BCUT2D eigenvalue weighted by Gasteiger charge is 2.31. The highest BCUT2D eigenvalue weighted by atomic mass is 16.6. The van der Waals surface area contributed by atoms with Gasteiger partial charge in [-0.15, -0.1) is 0 Å². The smallest absolute Gasteiger partial charge is 0.410 e. The number of carbonyl (C=O) groups is 1. The standard InChI is InChI=1S/C18H23N3O4/c1-18(2,3)25-17(22)21-8-7-13(10-21)24-16-14-9-12(23-4)5-6-15(14)19-11-20-16/h5-6,9,11,13H,7-8,10H2,1-4H3/t13-/m1/s1. The van der Waals surface area contributed by atoms with E-state index in [1.54, 1.807) is 12.0 Å². The van der Waals surface area contributed by atoms with E-state index in [-0.39, 0.29) is 12.2 Å². The van der Waals surface area contributed by atoms with E-state index in [1.165, 1.54) is 6.33 Å². The maximum atomic E-state index is 12.2. The average Bonchev–Trinajstić information content (AvgIpc) is 3.02. The fourth-order valence-electron chi connectivity index (χ4n) is 2.71. The first-order valence-electron chi connectivity index (χ1n) is 8.29. The second kappa shape index (κ2) is 6.74. The number of ether oxygens (including phenoxy) is 3. The lowest BCUT2D eigenvalue weighted by Gasteiger charge is -2.24. The number of nitrogens with zero attached hydrogens (tertiary/aromatic N) is 3. The SMILES string of the molecule is COc1ccc2ncnc(O[C@@H]3CCN(C(=O)OC(C)(C)C)C3)c2c1. The number of hydrogen-bond acceptors (Lipinski definition) is 6. The molecule has 1 aromatic carbocycles. The van der Waals surface area contributed by atoms with Gasteiger partial charge in [0.2, 0.25) is 5.88 Å². The highest BCUT2D eigenvalue weighted by Crippen LogP contribution is 2.28. The lowest BCUT2D eigenvalue weighted by molar-refractivity contribution is 0.0275. The quantitative estimate of drug-likeness (QED) is 0.851. The van der Waals surface area contributed by atoms with E-state index < -0.39 is 5.60 Å². The van der Waals surface area contributed by atoms with Crippen LogP contribution in [0, 0.1) is 0 Å². The molecule has 1 aliphatic rings.